The van der Waals surface area contributed by atoms with Gasteiger partial charge in [-0.05, 0) is 0 Å². The fourth-order valence-corrected chi connectivity index (χ4v) is 213. The van der Waals surface area contributed by atoms with E-state index in [0.717, 1.165) is 0 Å². The highest BCUT2D eigenvalue weighted by Gasteiger charge is 2.53. The summed E-state index contributed by atoms with van der Waals surface area (Å²) >= 11 is 30.5. The van der Waals surface area contributed by atoms with Gasteiger partial charge in [0.25, 0.3) is 0 Å². The molecule has 10 heteroatoms. The zero-order valence-electron chi connectivity index (χ0n) is 4.78. The van der Waals surface area contributed by atoms with Crippen LogP contribution >= 0.6 is 55.4 Å². The van der Waals surface area contributed by atoms with Gasteiger partial charge >= 0.3 is 0 Å². The molecule has 0 N–H and O–H groups in total. The highest BCUT2D eigenvalue weighted by molar-refractivity contribution is 8.19. The molecule has 1 rings (SSSR count). The molecule has 0 aromatic carbocycles. The Morgan fingerprint density at radius 3 is 0.600 bits per heavy atom. The molecular formula is H5Cl5Si5. The molecular weight excluding hydrogens is 318 g/mol. The van der Waals surface area contributed by atoms with E-state index in [4.69, 9.17) is 55.4 Å². The maximum absolute atomic E-state index is 6.10. The van der Waals surface area contributed by atoms with Gasteiger partial charge in [0.2, 0.25) is 0 Å². The molecule has 0 aromatic rings. The van der Waals surface area contributed by atoms with Crippen molar-refractivity contribution in [2.24, 2.45) is 0 Å². The lowest BCUT2D eigenvalue weighted by molar-refractivity contribution is 3.68. The summed E-state index contributed by atoms with van der Waals surface area (Å²) in [5, 5.41) is 0. The summed E-state index contributed by atoms with van der Waals surface area (Å²) in [5.41, 5.74) is 0. The Balaban J connectivity index is 2.68. The number of rotatable bonds is 0. The lowest BCUT2D eigenvalue weighted by Gasteiger charge is -2.01. The minimum absolute atomic E-state index is 1.21. The SMILES string of the molecule is Cl[SiH]1[SiH](Cl)[SiH](Cl)[SiH](Cl)[SiH]1Cl. The first-order chi connectivity index (χ1) is 4.55. The fraction of sp³-hybridized carbons (Fsp3) is 0. The third-order valence-electron chi connectivity index (χ3n) is 1.52. The zero-order chi connectivity index (χ0) is 7.89. The van der Waals surface area contributed by atoms with Crippen molar-refractivity contribution in [3.8, 4) is 0 Å². The van der Waals surface area contributed by atoms with Gasteiger partial charge in [0.05, 0.1) is 0 Å². The second-order valence-electron chi connectivity index (χ2n) is 2.22. The third-order valence-corrected chi connectivity index (χ3v) is 123. The molecule has 1 saturated heterocycles. The summed E-state index contributed by atoms with van der Waals surface area (Å²) in [6, 6.07) is 0. The fourth-order valence-electron chi connectivity index (χ4n) is 0.878. The second kappa shape index (κ2) is 4.16. The van der Waals surface area contributed by atoms with Gasteiger partial charge in [-0.2, -0.15) is 55.4 Å². The van der Waals surface area contributed by atoms with Crippen molar-refractivity contribution < 1.29 is 0 Å². The van der Waals surface area contributed by atoms with E-state index in [1.165, 1.54) is 0 Å². The first-order valence-electron chi connectivity index (χ1n) is 2.76. The van der Waals surface area contributed by atoms with E-state index in [-0.39, 0.29) is 0 Å². The Hall–Kier alpha value is 2.53. The predicted molar refractivity (Wildman–Crippen MR) is 65.0 cm³/mol. The Morgan fingerprint density at radius 2 is 0.500 bits per heavy atom. The van der Waals surface area contributed by atoms with Gasteiger partial charge < -0.3 is 0 Å². The summed E-state index contributed by atoms with van der Waals surface area (Å²) in [6.45, 7) is 0. The largest absolute Gasteiger partial charge is 0.177 e. The van der Waals surface area contributed by atoms with E-state index < -0.39 is 35.7 Å². The van der Waals surface area contributed by atoms with E-state index in [9.17, 15) is 0 Å². The minimum Gasteiger partial charge on any atom is -0.177 e. The topological polar surface area (TPSA) is 0 Å². The molecule has 0 atom stereocenters. The molecule has 0 spiro atoms. The second-order valence-corrected chi connectivity index (χ2v) is 60.0. The molecule has 0 unspecified atom stereocenters. The van der Waals surface area contributed by atoms with Crippen molar-refractivity contribution in [3.05, 3.63) is 0 Å². The third kappa shape index (κ3) is 1.89. The normalized spacial score (nSPS) is 55.5. The molecule has 1 aliphatic heterocycles. The standard InChI is InChI=1S/Cl5H5Si5/c1-6-7(2)9(4)10(5)8(6)3/h6-10H. The van der Waals surface area contributed by atoms with E-state index in [1.807, 2.05) is 0 Å². The highest BCUT2D eigenvalue weighted by atomic mass is 35.6. The predicted octanol–water partition coefficient (Wildman–Crippen LogP) is 0.205. The van der Waals surface area contributed by atoms with Crippen molar-refractivity contribution in [2.45, 2.75) is 0 Å². The summed E-state index contributed by atoms with van der Waals surface area (Å²) in [6.07, 6.45) is 0. The zero-order valence-corrected chi connectivity index (χ0v) is 14.3. The van der Waals surface area contributed by atoms with Gasteiger partial charge in [-0.25, -0.2) is 0 Å². The molecule has 0 aliphatic carbocycles. The van der Waals surface area contributed by atoms with Gasteiger partial charge in [0.1, 0.15) is 35.7 Å². The summed E-state index contributed by atoms with van der Waals surface area (Å²) in [4.78, 5) is 0. The molecule has 0 saturated carbocycles. The molecule has 10 heavy (non-hydrogen) atoms. The average molecular weight is 323 g/mol. The van der Waals surface area contributed by atoms with Crippen LogP contribution in [0.4, 0.5) is 0 Å². The van der Waals surface area contributed by atoms with Crippen LogP contribution in [0.3, 0.4) is 0 Å². The maximum Gasteiger partial charge on any atom is 0.149 e. The summed E-state index contributed by atoms with van der Waals surface area (Å²) < 4.78 is 0. The van der Waals surface area contributed by atoms with Crippen LogP contribution in [0.1, 0.15) is 0 Å². The minimum atomic E-state index is -1.21. The van der Waals surface area contributed by atoms with Crippen LogP contribution in [0, 0.1) is 0 Å². The Kier molecular flexibility index (Phi) is 4.42. The molecule has 1 aliphatic rings. The Labute approximate surface area is 90.2 Å². The first-order valence-corrected chi connectivity index (χ1v) is 24.8. The van der Waals surface area contributed by atoms with Crippen LogP contribution in [0.2, 0.25) is 0 Å². The van der Waals surface area contributed by atoms with Crippen molar-refractivity contribution >= 4 is 91.1 Å². The smallest absolute Gasteiger partial charge is 0.149 e. The monoisotopic (exact) mass is 320 g/mol. The summed E-state index contributed by atoms with van der Waals surface area (Å²) in [7, 11) is -6.06. The van der Waals surface area contributed by atoms with Gasteiger partial charge in [0.15, 0.2) is 0 Å². The van der Waals surface area contributed by atoms with Crippen LogP contribution in [-0.4, -0.2) is 35.7 Å². The number of hydrogen-bond acceptors (Lipinski definition) is 0. The van der Waals surface area contributed by atoms with Gasteiger partial charge in [-0.15, -0.1) is 0 Å². The van der Waals surface area contributed by atoms with E-state index >= 15 is 0 Å². The van der Waals surface area contributed by atoms with Crippen molar-refractivity contribution in [1.29, 1.82) is 0 Å². The first kappa shape index (κ1) is 10.6. The molecule has 0 aromatic heterocycles. The van der Waals surface area contributed by atoms with Gasteiger partial charge in [-0.3, -0.25) is 0 Å². The van der Waals surface area contributed by atoms with Gasteiger partial charge in [-0.1, -0.05) is 0 Å². The van der Waals surface area contributed by atoms with Crippen LogP contribution < -0.4 is 0 Å². The molecule has 1 fully saturated rings. The molecule has 60 valence electrons. The van der Waals surface area contributed by atoms with Crippen molar-refractivity contribution in [3.63, 3.8) is 0 Å². The van der Waals surface area contributed by atoms with Gasteiger partial charge in [0, 0.05) is 0 Å². The average Bonchev–Trinajstić information content (AvgIpc) is 2.07. The molecule has 0 bridgehead atoms. The lowest BCUT2D eigenvalue weighted by atomic mass is 26.4. The lowest BCUT2D eigenvalue weighted by Crippen LogP contribution is -2.33. The Bertz CT molecular complexity index is 82.4. The maximum atomic E-state index is 6.10. The molecule has 0 nitrogen and oxygen atoms in total. The van der Waals surface area contributed by atoms with Crippen LogP contribution in [0.15, 0.2) is 0 Å². The van der Waals surface area contributed by atoms with Crippen molar-refractivity contribution in [2.75, 3.05) is 0 Å². The number of halogens is 5. The molecule has 0 amide bonds. The Morgan fingerprint density at radius 1 is 0.400 bits per heavy atom. The molecule has 1 heterocycles. The van der Waals surface area contributed by atoms with Crippen LogP contribution in [-0.2, 0) is 0 Å². The van der Waals surface area contributed by atoms with Crippen LogP contribution in [0.5, 0.6) is 0 Å². The van der Waals surface area contributed by atoms with E-state index in [0.29, 0.717) is 0 Å². The van der Waals surface area contributed by atoms with Crippen LogP contribution in [0.25, 0.3) is 0 Å². The van der Waals surface area contributed by atoms with Crippen molar-refractivity contribution in [1.82, 2.24) is 0 Å². The number of hydrogen-bond donors (Lipinski definition) is 0. The highest BCUT2D eigenvalue weighted by Crippen LogP contribution is 2.26. The van der Waals surface area contributed by atoms with E-state index in [2.05, 4.69) is 0 Å². The molecule has 0 radical (unpaired) electrons. The quantitative estimate of drug-likeness (QED) is 0.442. The summed E-state index contributed by atoms with van der Waals surface area (Å²) in [5.74, 6) is 0. The van der Waals surface area contributed by atoms with E-state index in [1.54, 1.807) is 0 Å².